The lowest BCUT2D eigenvalue weighted by Crippen LogP contribution is -2.51. The van der Waals surface area contributed by atoms with Crippen molar-refractivity contribution in [2.45, 2.75) is 32.7 Å². The second-order valence-electron chi connectivity index (χ2n) is 6.04. The highest BCUT2D eigenvalue weighted by atomic mass is 16.4. The van der Waals surface area contributed by atoms with Crippen molar-refractivity contribution in [3.05, 3.63) is 0 Å². The Morgan fingerprint density at radius 2 is 2.10 bits per heavy atom. The highest BCUT2D eigenvalue weighted by molar-refractivity contribution is 5.76. The molecule has 1 aliphatic heterocycles. The molecule has 0 radical (unpaired) electrons. The number of nitrogens with one attached hydrogen (secondary N) is 1. The van der Waals surface area contributed by atoms with E-state index in [9.17, 15) is 9.59 Å². The first-order valence-corrected chi connectivity index (χ1v) is 7.25. The van der Waals surface area contributed by atoms with Crippen molar-refractivity contribution in [1.82, 2.24) is 15.1 Å². The number of likely N-dealkylation sites (N-methyl/N-ethyl adjacent to an activating group) is 2. The summed E-state index contributed by atoms with van der Waals surface area (Å²) in [4.78, 5) is 27.1. The van der Waals surface area contributed by atoms with E-state index in [1.54, 1.807) is 11.9 Å². The molecule has 1 heterocycles. The number of carbonyl (C=O) groups is 2. The number of nitrogens with zero attached hydrogens (tertiary/aromatic N) is 2. The van der Waals surface area contributed by atoms with Crippen LogP contribution in [0.1, 0.15) is 26.7 Å². The van der Waals surface area contributed by atoms with Crippen LogP contribution in [0.15, 0.2) is 0 Å². The summed E-state index contributed by atoms with van der Waals surface area (Å²) in [5.41, 5.74) is 0. The first-order valence-electron chi connectivity index (χ1n) is 7.25. The van der Waals surface area contributed by atoms with Crippen LogP contribution < -0.4 is 5.32 Å². The molecule has 0 spiro atoms. The average molecular weight is 285 g/mol. The number of urea groups is 1. The summed E-state index contributed by atoms with van der Waals surface area (Å²) in [6.45, 7) is 5.82. The second-order valence-corrected chi connectivity index (χ2v) is 6.04. The van der Waals surface area contributed by atoms with Crippen LogP contribution in [0.5, 0.6) is 0 Å². The molecule has 1 saturated heterocycles. The Morgan fingerprint density at radius 1 is 1.45 bits per heavy atom. The third-order valence-corrected chi connectivity index (χ3v) is 4.06. The van der Waals surface area contributed by atoms with E-state index in [2.05, 4.69) is 17.3 Å². The molecule has 20 heavy (non-hydrogen) atoms. The number of carboxylic acids is 1. The summed E-state index contributed by atoms with van der Waals surface area (Å²) >= 11 is 0. The van der Waals surface area contributed by atoms with Gasteiger partial charge in [-0.1, -0.05) is 13.8 Å². The van der Waals surface area contributed by atoms with Crippen molar-refractivity contribution in [2.75, 3.05) is 33.7 Å². The van der Waals surface area contributed by atoms with Gasteiger partial charge in [0.1, 0.15) is 0 Å². The van der Waals surface area contributed by atoms with Gasteiger partial charge in [-0.2, -0.15) is 0 Å². The van der Waals surface area contributed by atoms with E-state index >= 15 is 0 Å². The van der Waals surface area contributed by atoms with Gasteiger partial charge >= 0.3 is 12.0 Å². The van der Waals surface area contributed by atoms with Gasteiger partial charge in [-0.3, -0.25) is 4.79 Å². The lowest BCUT2D eigenvalue weighted by Gasteiger charge is -2.36. The first-order chi connectivity index (χ1) is 9.32. The highest BCUT2D eigenvalue weighted by Crippen LogP contribution is 2.14. The van der Waals surface area contributed by atoms with Crippen LogP contribution >= 0.6 is 0 Å². The van der Waals surface area contributed by atoms with Crippen LogP contribution in [0.2, 0.25) is 0 Å². The standard InChI is InChI=1S/C14H27N3O3/c1-10(2)12(13(18)19)8-15-14(20)17(4)11-6-5-7-16(3)9-11/h10-12H,5-9H2,1-4H3,(H,15,20)(H,18,19). The van der Waals surface area contributed by atoms with E-state index in [-0.39, 0.29) is 24.5 Å². The summed E-state index contributed by atoms with van der Waals surface area (Å²) in [7, 11) is 3.83. The molecule has 0 bridgehead atoms. The van der Waals surface area contributed by atoms with Gasteiger partial charge in [0.05, 0.1) is 5.92 Å². The SMILES string of the molecule is CC(C)C(CNC(=O)N(C)C1CCCN(C)C1)C(=O)O. The Balaban J connectivity index is 2.47. The number of amides is 2. The van der Waals surface area contributed by atoms with E-state index in [4.69, 9.17) is 5.11 Å². The monoisotopic (exact) mass is 285 g/mol. The average Bonchev–Trinajstić information content (AvgIpc) is 2.37. The van der Waals surface area contributed by atoms with Gasteiger partial charge in [0.15, 0.2) is 0 Å². The fourth-order valence-corrected chi connectivity index (χ4v) is 2.55. The van der Waals surface area contributed by atoms with E-state index < -0.39 is 11.9 Å². The molecule has 0 aromatic heterocycles. The normalized spacial score (nSPS) is 21.6. The molecule has 116 valence electrons. The first kappa shape index (κ1) is 16.8. The number of hydrogen-bond donors (Lipinski definition) is 2. The Labute approximate surface area is 121 Å². The maximum Gasteiger partial charge on any atom is 0.317 e. The smallest absolute Gasteiger partial charge is 0.317 e. The number of piperidine rings is 1. The molecule has 2 unspecified atom stereocenters. The van der Waals surface area contributed by atoms with E-state index in [1.807, 2.05) is 13.8 Å². The zero-order chi connectivity index (χ0) is 15.3. The van der Waals surface area contributed by atoms with Crippen LogP contribution in [0.25, 0.3) is 0 Å². The Hall–Kier alpha value is -1.30. The zero-order valence-electron chi connectivity index (χ0n) is 12.9. The van der Waals surface area contributed by atoms with Crippen LogP contribution in [0.4, 0.5) is 4.79 Å². The molecule has 2 N–H and O–H groups in total. The molecule has 0 aliphatic carbocycles. The van der Waals surface area contributed by atoms with Crippen LogP contribution in [0, 0.1) is 11.8 Å². The van der Waals surface area contributed by atoms with Gasteiger partial charge < -0.3 is 20.2 Å². The fourth-order valence-electron chi connectivity index (χ4n) is 2.55. The summed E-state index contributed by atoms with van der Waals surface area (Å²) in [5.74, 6) is -1.40. The topological polar surface area (TPSA) is 72.9 Å². The molecule has 6 nitrogen and oxygen atoms in total. The van der Waals surface area contributed by atoms with Gasteiger partial charge in [-0.15, -0.1) is 0 Å². The zero-order valence-corrected chi connectivity index (χ0v) is 12.9. The van der Waals surface area contributed by atoms with Crippen molar-refractivity contribution in [2.24, 2.45) is 11.8 Å². The highest BCUT2D eigenvalue weighted by Gasteiger charge is 2.26. The Morgan fingerprint density at radius 3 is 2.60 bits per heavy atom. The molecule has 0 aromatic rings. The van der Waals surface area contributed by atoms with E-state index in [0.29, 0.717) is 0 Å². The van der Waals surface area contributed by atoms with Crippen molar-refractivity contribution in [1.29, 1.82) is 0 Å². The van der Waals surface area contributed by atoms with Gasteiger partial charge in [0, 0.05) is 26.2 Å². The number of carboxylic acid groups (broad SMARTS) is 1. The lowest BCUT2D eigenvalue weighted by molar-refractivity contribution is -0.142. The maximum absolute atomic E-state index is 12.1. The van der Waals surface area contributed by atoms with Crippen molar-refractivity contribution in [3.63, 3.8) is 0 Å². The molecule has 1 aliphatic rings. The molecule has 6 heteroatoms. The number of hydrogen-bond acceptors (Lipinski definition) is 3. The molecular formula is C14H27N3O3. The van der Waals surface area contributed by atoms with Crippen LogP contribution in [-0.4, -0.2) is 66.7 Å². The van der Waals surface area contributed by atoms with Gasteiger partial charge in [-0.05, 0) is 32.4 Å². The van der Waals surface area contributed by atoms with Crippen molar-refractivity contribution >= 4 is 12.0 Å². The Kier molecular flexibility index (Phi) is 6.26. The predicted molar refractivity (Wildman–Crippen MR) is 77.6 cm³/mol. The maximum atomic E-state index is 12.1. The third kappa shape index (κ3) is 4.67. The molecule has 1 fully saturated rings. The number of likely N-dealkylation sites (tertiary alicyclic amines) is 1. The predicted octanol–water partition coefficient (Wildman–Crippen LogP) is 1.08. The molecular weight excluding hydrogens is 258 g/mol. The lowest BCUT2D eigenvalue weighted by atomic mass is 9.96. The minimum Gasteiger partial charge on any atom is -0.481 e. The summed E-state index contributed by atoms with van der Waals surface area (Å²) in [6, 6.07) is 0.0216. The molecule has 1 rings (SSSR count). The van der Waals surface area contributed by atoms with Crippen LogP contribution in [0.3, 0.4) is 0 Å². The molecule has 2 amide bonds. The minimum atomic E-state index is -0.861. The summed E-state index contributed by atoms with van der Waals surface area (Å²) in [6.07, 6.45) is 2.09. The van der Waals surface area contributed by atoms with Crippen molar-refractivity contribution in [3.8, 4) is 0 Å². The molecule has 0 aromatic carbocycles. The van der Waals surface area contributed by atoms with Gasteiger partial charge in [0.2, 0.25) is 0 Å². The quantitative estimate of drug-likeness (QED) is 0.793. The van der Waals surface area contributed by atoms with Gasteiger partial charge in [0.25, 0.3) is 0 Å². The molecule has 0 saturated carbocycles. The van der Waals surface area contributed by atoms with E-state index in [0.717, 1.165) is 25.9 Å². The van der Waals surface area contributed by atoms with Crippen molar-refractivity contribution < 1.29 is 14.7 Å². The number of aliphatic carboxylic acids is 1. The van der Waals surface area contributed by atoms with Gasteiger partial charge in [-0.25, -0.2) is 4.79 Å². The largest absolute Gasteiger partial charge is 0.481 e. The Bertz CT molecular complexity index is 347. The number of carbonyl (C=O) groups excluding carboxylic acids is 1. The minimum absolute atomic E-state index is 0.001000. The summed E-state index contributed by atoms with van der Waals surface area (Å²) in [5, 5.41) is 11.9. The summed E-state index contributed by atoms with van der Waals surface area (Å²) < 4.78 is 0. The molecule has 2 atom stereocenters. The van der Waals surface area contributed by atoms with Crippen LogP contribution in [-0.2, 0) is 4.79 Å². The second kappa shape index (κ2) is 7.47. The van der Waals surface area contributed by atoms with E-state index in [1.165, 1.54) is 0 Å². The third-order valence-electron chi connectivity index (χ3n) is 4.06. The number of rotatable bonds is 5. The fraction of sp³-hybridized carbons (Fsp3) is 0.857.